The van der Waals surface area contributed by atoms with Gasteiger partial charge in [-0.2, -0.15) is 0 Å². The molecule has 0 bridgehead atoms. The van der Waals surface area contributed by atoms with Gasteiger partial charge in [-0.15, -0.1) is 0 Å². The normalized spacial score (nSPS) is 10.0. The van der Waals surface area contributed by atoms with Gasteiger partial charge in [0.1, 0.15) is 0 Å². The fourth-order valence-corrected chi connectivity index (χ4v) is 2.09. The van der Waals surface area contributed by atoms with Crippen LogP contribution < -0.4 is 10.6 Å². The fourth-order valence-electron chi connectivity index (χ4n) is 2.09. The maximum atomic E-state index is 11.9. The van der Waals surface area contributed by atoms with Crippen LogP contribution in [0.1, 0.15) is 21.5 Å². The van der Waals surface area contributed by atoms with Crippen LogP contribution in [0.2, 0.25) is 0 Å². The number of aryl methyl sites for hydroxylation is 1. The SMILES string of the molecule is COC(=O)c1cccc(NC(=O)NCCc2ccc(C)cc2)c1. The van der Waals surface area contributed by atoms with E-state index in [4.69, 9.17) is 0 Å². The van der Waals surface area contributed by atoms with Crippen molar-refractivity contribution in [1.82, 2.24) is 5.32 Å². The summed E-state index contributed by atoms with van der Waals surface area (Å²) in [6.45, 7) is 2.57. The van der Waals surface area contributed by atoms with Gasteiger partial charge in [0.25, 0.3) is 0 Å². The van der Waals surface area contributed by atoms with E-state index >= 15 is 0 Å². The Bertz CT molecular complexity index is 681. The summed E-state index contributed by atoms with van der Waals surface area (Å²) in [5, 5.41) is 5.49. The number of nitrogens with one attached hydrogen (secondary N) is 2. The summed E-state index contributed by atoms with van der Waals surface area (Å²) in [6.07, 6.45) is 0.760. The molecule has 0 fully saturated rings. The Morgan fingerprint density at radius 1 is 1.09 bits per heavy atom. The number of anilines is 1. The maximum Gasteiger partial charge on any atom is 0.337 e. The first-order valence-corrected chi connectivity index (χ1v) is 7.37. The zero-order chi connectivity index (χ0) is 16.7. The third kappa shape index (κ3) is 5.14. The van der Waals surface area contributed by atoms with E-state index < -0.39 is 5.97 Å². The molecule has 2 rings (SSSR count). The van der Waals surface area contributed by atoms with E-state index in [1.165, 1.54) is 18.2 Å². The van der Waals surface area contributed by atoms with Gasteiger partial charge in [0.15, 0.2) is 0 Å². The summed E-state index contributed by atoms with van der Waals surface area (Å²) in [4.78, 5) is 23.3. The highest BCUT2D eigenvalue weighted by atomic mass is 16.5. The van der Waals surface area contributed by atoms with Gasteiger partial charge in [0.2, 0.25) is 0 Å². The predicted molar refractivity (Wildman–Crippen MR) is 89.7 cm³/mol. The first-order valence-electron chi connectivity index (χ1n) is 7.37. The molecule has 23 heavy (non-hydrogen) atoms. The number of methoxy groups -OCH3 is 1. The van der Waals surface area contributed by atoms with Crippen LogP contribution in [0.5, 0.6) is 0 Å². The molecular formula is C18H20N2O3. The predicted octanol–water partition coefficient (Wildman–Crippen LogP) is 3.15. The van der Waals surface area contributed by atoms with Crippen molar-refractivity contribution in [2.75, 3.05) is 19.0 Å². The minimum Gasteiger partial charge on any atom is -0.465 e. The Kier molecular flexibility index (Phi) is 5.74. The van der Waals surface area contributed by atoms with E-state index in [-0.39, 0.29) is 6.03 Å². The zero-order valence-electron chi connectivity index (χ0n) is 13.3. The second kappa shape index (κ2) is 7.98. The number of carbonyl (C=O) groups excluding carboxylic acids is 2. The summed E-state index contributed by atoms with van der Waals surface area (Å²) in [6, 6.07) is 14.5. The van der Waals surface area contributed by atoms with Gasteiger partial charge in [-0.1, -0.05) is 35.9 Å². The van der Waals surface area contributed by atoms with Crippen molar-refractivity contribution in [3.05, 3.63) is 65.2 Å². The quantitative estimate of drug-likeness (QED) is 0.833. The molecule has 0 aliphatic rings. The summed E-state index contributed by atoms with van der Waals surface area (Å²) < 4.78 is 4.65. The van der Waals surface area contributed by atoms with Crippen molar-refractivity contribution in [1.29, 1.82) is 0 Å². The van der Waals surface area contributed by atoms with Crippen LogP contribution in [0, 0.1) is 6.92 Å². The van der Waals surface area contributed by atoms with Gasteiger partial charge in [0.05, 0.1) is 12.7 Å². The fraction of sp³-hybridized carbons (Fsp3) is 0.222. The first kappa shape index (κ1) is 16.5. The number of esters is 1. The molecule has 0 unspecified atom stereocenters. The highest BCUT2D eigenvalue weighted by molar-refractivity contribution is 5.93. The van der Waals surface area contributed by atoms with Gasteiger partial charge in [0, 0.05) is 12.2 Å². The Labute approximate surface area is 135 Å². The molecule has 0 saturated carbocycles. The Hall–Kier alpha value is -2.82. The highest BCUT2D eigenvalue weighted by Gasteiger charge is 2.07. The number of benzene rings is 2. The standard InChI is InChI=1S/C18H20N2O3/c1-13-6-8-14(9-7-13)10-11-19-18(22)20-16-5-3-4-15(12-16)17(21)23-2/h3-9,12H,10-11H2,1-2H3,(H2,19,20,22). The van der Waals surface area contributed by atoms with E-state index in [9.17, 15) is 9.59 Å². The van der Waals surface area contributed by atoms with Crippen molar-refractivity contribution in [2.24, 2.45) is 0 Å². The van der Waals surface area contributed by atoms with Crippen LogP contribution in [0.15, 0.2) is 48.5 Å². The van der Waals surface area contributed by atoms with Gasteiger partial charge >= 0.3 is 12.0 Å². The Balaban J connectivity index is 1.82. The molecule has 0 aromatic heterocycles. The lowest BCUT2D eigenvalue weighted by Crippen LogP contribution is -2.30. The van der Waals surface area contributed by atoms with E-state index in [0.717, 1.165) is 6.42 Å². The van der Waals surface area contributed by atoms with Gasteiger partial charge in [-0.05, 0) is 37.1 Å². The van der Waals surface area contributed by atoms with Crippen molar-refractivity contribution >= 4 is 17.7 Å². The summed E-state index contributed by atoms with van der Waals surface area (Å²) >= 11 is 0. The largest absolute Gasteiger partial charge is 0.465 e. The number of carbonyl (C=O) groups is 2. The zero-order valence-corrected chi connectivity index (χ0v) is 13.3. The van der Waals surface area contributed by atoms with Crippen molar-refractivity contribution in [2.45, 2.75) is 13.3 Å². The van der Waals surface area contributed by atoms with Gasteiger partial charge < -0.3 is 15.4 Å². The molecule has 0 heterocycles. The number of urea groups is 1. The van der Waals surface area contributed by atoms with Crippen LogP contribution in [-0.2, 0) is 11.2 Å². The smallest absolute Gasteiger partial charge is 0.337 e. The molecule has 120 valence electrons. The Morgan fingerprint density at radius 2 is 1.83 bits per heavy atom. The van der Waals surface area contributed by atoms with Crippen LogP contribution in [0.25, 0.3) is 0 Å². The van der Waals surface area contributed by atoms with Crippen LogP contribution in [0.3, 0.4) is 0 Å². The molecule has 0 spiro atoms. The van der Waals surface area contributed by atoms with E-state index in [1.807, 2.05) is 19.1 Å². The minimum absolute atomic E-state index is 0.306. The second-order valence-corrected chi connectivity index (χ2v) is 5.19. The number of amides is 2. The monoisotopic (exact) mass is 312 g/mol. The lowest BCUT2D eigenvalue weighted by molar-refractivity contribution is 0.0600. The molecule has 0 radical (unpaired) electrons. The molecule has 2 amide bonds. The van der Waals surface area contributed by atoms with E-state index in [0.29, 0.717) is 17.8 Å². The van der Waals surface area contributed by atoms with Gasteiger partial charge in [-0.3, -0.25) is 0 Å². The number of rotatable bonds is 5. The molecule has 2 N–H and O–H groups in total. The molecule has 0 aliphatic heterocycles. The molecule has 0 aliphatic carbocycles. The van der Waals surface area contributed by atoms with Crippen LogP contribution in [0.4, 0.5) is 10.5 Å². The number of hydrogen-bond acceptors (Lipinski definition) is 3. The average Bonchev–Trinajstić information content (AvgIpc) is 2.56. The number of hydrogen-bond donors (Lipinski definition) is 2. The average molecular weight is 312 g/mol. The molecule has 0 atom stereocenters. The first-order chi connectivity index (χ1) is 11.1. The third-order valence-corrected chi connectivity index (χ3v) is 3.36. The molecule has 5 nitrogen and oxygen atoms in total. The number of ether oxygens (including phenoxy) is 1. The van der Waals surface area contributed by atoms with Gasteiger partial charge in [-0.25, -0.2) is 9.59 Å². The summed E-state index contributed by atoms with van der Waals surface area (Å²) in [5.74, 6) is -0.437. The van der Waals surface area contributed by atoms with E-state index in [1.54, 1.807) is 24.3 Å². The maximum absolute atomic E-state index is 11.9. The topological polar surface area (TPSA) is 67.4 Å². The molecular weight excluding hydrogens is 292 g/mol. The highest BCUT2D eigenvalue weighted by Crippen LogP contribution is 2.11. The van der Waals surface area contributed by atoms with Crippen molar-refractivity contribution < 1.29 is 14.3 Å². The summed E-state index contributed by atoms with van der Waals surface area (Å²) in [5.41, 5.74) is 3.32. The minimum atomic E-state index is -0.437. The second-order valence-electron chi connectivity index (χ2n) is 5.19. The lowest BCUT2D eigenvalue weighted by Gasteiger charge is -2.09. The Morgan fingerprint density at radius 3 is 2.52 bits per heavy atom. The third-order valence-electron chi connectivity index (χ3n) is 3.36. The molecule has 5 heteroatoms. The van der Waals surface area contributed by atoms with E-state index in [2.05, 4.69) is 27.5 Å². The summed E-state index contributed by atoms with van der Waals surface area (Å²) in [7, 11) is 1.32. The lowest BCUT2D eigenvalue weighted by atomic mass is 10.1. The molecule has 2 aromatic rings. The van der Waals surface area contributed by atoms with Crippen LogP contribution in [-0.4, -0.2) is 25.7 Å². The molecule has 2 aromatic carbocycles. The van der Waals surface area contributed by atoms with Crippen molar-refractivity contribution in [3.63, 3.8) is 0 Å². The van der Waals surface area contributed by atoms with Crippen LogP contribution >= 0.6 is 0 Å². The van der Waals surface area contributed by atoms with Crippen molar-refractivity contribution in [3.8, 4) is 0 Å². The molecule has 0 saturated heterocycles.